The number of carbonyl (C=O) groups is 2. The van der Waals surface area contributed by atoms with Gasteiger partial charge in [-0.3, -0.25) is 9.59 Å². The average Bonchev–Trinajstić information content (AvgIpc) is 2.76. The standard InChI is InChI=1S/C19H34N2O12/c1-7-14(27)16(29)12(20-8(2)25)18(30-7)33-17-13(21-9(3)26)19(31-10(4-22)5-23)32-11(6-24)15(17)28/h7,10-19,22-24,27-29H,4-6H2,1-3H3,(H,20,25)(H,21,26)/t7-,11+,12-,13+,14+,15+,16-,17+,18-,19+/m0/s1. The van der Waals surface area contributed by atoms with Gasteiger partial charge < -0.3 is 60.2 Å². The van der Waals surface area contributed by atoms with Crippen LogP contribution in [0, 0.1) is 0 Å². The monoisotopic (exact) mass is 482 g/mol. The van der Waals surface area contributed by atoms with Crippen molar-refractivity contribution in [1.82, 2.24) is 10.6 Å². The fourth-order valence-corrected chi connectivity index (χ4v) is 3.76. The molecule has 0 bridgehead atoms. The summed E-state index contributed by atoms with van der Waals surface area (Å²) in [5.41, 5.74) is 0. The largest absolute Gasteiger partial charge is 0.394 e. The zero-order chi connectivity index (χ0) is 24.9. The highest BCUT2D eigenvalue weighted by Crippen LogP contribution is 2.30. The lowest BCUT2D eigenvalue weighted by atomic mass is 9.94. The van der Waals surface area contributed by atoms with E-state index in [1.54, 1.807) is 0 Å². The van der Waals surface area contributed by atoms with E-state index >= 15 is 0 Å². The molecule has 192 valence electrons. The van der Waals surface area contributed by atoms with Crippen molar-refractivity contribution in [3.05, 3.63) is 0 Å². The summed E-state index contributed by atoms with van der Waals surface area (Å²) in [4.78, 5) is 23.5. The Morgan fingerprint density at radius 2 is 1.45 bits per heavy atom. The smallest absolute Gasteiger partial charge is 0.217 e. The molecule has 0 aromatic heterocycles. The highest BCUT2D eigenvalue weighted by atomic mass is 16.7. The number of amides is 2. The van der Waals surface area contributed by atoms with Gasteiger partial charge in [0.05, 0.1) is 25.9 Å². The van der Waals surface area contributed by atoms with Crippen molar-refractivity contribution in [1.29, 1.82) is 0 Å². The molecule has 2 amide bonds. The van der Waals surface area contributed by atoms with Gasteiger partial charge in [0.25, 0.3) is 0 Å². The van der Waals surface area contributed by atoms with Crippen molar-refractivity contribution in [2.75, 3.05) is 19.8 Å². The lowest BCUT2D eigenvalue weighted by Gasteiger charge is -2.48. The van der Waals surface area contributed by atoms with Gasteiger partial charge in [0.15, 0.2) is 12.6 Å². The second-order valence-electron chi connectivity index (χ2n) is 8.08. The van der Waals surface area contributed by atoms with E-state index in [4.69, 9.17) is 18.9 Å². The summed E-state index contributed by atoms with van der Waals surface area (Å²) in [7, 11) is 0. The van der Waals surface area contributed by atoms with Crippen LogP contribution in [-0.4, -0.2) is 130 Å². The van der Waals surface area contributed by atoms with E-state index in [0.29, 0.717) is 0 Å². The van der Waals surface area contributed by atoms with Crippen molar-refractivity contribution in [2.24, 2.45) is 0 Å². The highest BCUT2D eigenvalue weighted by molar-refractivity contribution is 5.73. The first-order valence-electron chi connectivity index (χ1n) is 10.6. The number of aliphatic hydroxyl groups is 6. The van der Waals surface area contributed by atoms with E-state index in [1.807, 2.05) is 0 Å². The molecular formula is C19H34N2O12. The molecule has 0 aliphatic carbocycles. The van der Waals surface area contributed by atoms with Crippen LogP contribution in [0.25, 0.3) is 0 Å². The van der Waals surface area contributed by atoms with E-state index in [1.165, 1.54) is 20.8 Å². The molecule has 10 atom stereocenters. The molecule has 0 saturated carbocycles. The molecule has 0 aromatic carbocycles. The van der Waals surface area contributed by atoms with Crippen LogP contribution in [0.1, 0.15) is 20.8 Å². The summed E-state index contributed by atoms with van der Waals surface area (Å²) in [6, 6.07) is -2.46. The van der Waals surface area contributed by atoms with Crippen molar-refractivity contribution in [3.8, 4) is 0 Å². The van der Waals surface area contributed by atoms with E-state index in [9.17, 15) is 40.2 Å². The van der Waals surface area contributed by atoms with Gasteiger partial charge >= 0.3 is 0 Å². The van der Waals surface area contributed by atoms with Crippen molar-refractivity contribution in [3.63, 3.8) is 0 Å². The van der Waals surface area contributed by atoms with Gasteiger partial charge in [-0.25, -0.2) is 0 Å². The fourth-order valence-electron chi connectivity index (χ4n) is 3.76. The third kappa shape index (κ3) is 6.79. The van der Waals surface area contributed by atoms with E-state index in [2.05, 4.69) is 10.6 Å². The van der Waals surface area contributed by atoms with Gasteiger partial charge in [0.1, 0.15) is 48.7 Å². The normalized spacial score (nSPS) is 39.3. The molecule has 14 heteroatoms. The summed E-state index contributed by atoms with van der Waals surface area (Å²) in [6.45, 7) is 2.00. The Morgan fingerprint density at radius 1 is 0.879 bits per heavy atom. The lowest BCUT2D eigenvalue weighted by molar-refractivity contribution is -0.331. The topological polar surface area (TPSA) is 216 Å². The minimum absolute atomic E-state index is 0.549. The molecule has 33 heavy (non-hydrogen) atoms. The Hall–Kier alpha value is -1.46. The Balaban J connectivity index is 2.37. The molecule has 0 aromatic rings. The summed E-state index contributed by atoms with van der Waals surface area (Å²) in [5, 5.41) is 64.7. The molecule has 2 aliphatic heterocycles. The zero-order valence-electron chi connectivity index (χ0n) is 18.6. The first-order chi connectivity index (χ1) is 15.5. The average molecular weight is 482 g/mol. The molecule has 2 saturated heterocycles. The number of hydrogen-bond acceptors (Lipinski definition) is 12. The quantitative estimate of drug-likeness (QED) is 0.155. The van der Waals surface area contributed by atoms with Crippen molar-refractivity contribution < 1.29 is 59.2 Å². The van der Waals surface area contributed by atoms with Gasteiger partial charge in [-0.2, -0.15) is 0 Å². The number of nitrogens with one attached hydrogen (secondary N) is 2. The van der Waals surface area contributed by atoms with E-state index < -0.39 is 99.0 Å². The van der Waals surface area contributed by atoms with Crippen molar-refractivity contribution >= 4 is 11.8 Å². The van der Waals surface area contributed by atoms with Gasteiger partial charge in [0.2, 0.25) is 11.8 Å². The predicted octanol–water partition coefficient (Wildman–Crippen LogP) is -4.70. The number of hydrogen-bond donors (Lipinski definition) is 8. The van der Waals surface area contributed by atoms with E-state index in [-0.39, 0.29) is 0 Å². The number of aliphatic hydroxyl groups excluding tert-OH is 6. The van der Waals surface area contributed by atoms with Gasteiger partial charge in [-0.05, 0) is 6.92 Å². The van der Waals surface area contributed by atoms with Crippen LogP contribution in [0.4, 0.5) is 0 Å². The number of ether oxygens (including phenoxy) is 4. The maximum absolute atomic E-state index is 11.9. The molecule has 0 unspecified atom stereocenters. The van der Waals surface area contributed by atoms with E-state index in [0.717, 1.165) is 0 Å². The summed E-state index contributed by atoms with van der Waals surface area (Å²) < 4.78 is 22.6. The zero-order valence-corrected chi connectivity index (χ0v) is 18.6. The lowest BCUT2D eigenvalue weighted by Crippen LogP contribution is -2.69. The van der Waals surface area contributed by atoms with Crippen LogP contribution in [0.3, 0.4) is 0 Å². The molecule has 8 N–H and O–H groups in total. The van der Waals surface area contributed by atoms with Crippen LogP contribution in [-0.2, 0) is 28.5 Å². The molecule has 0 spiro atoms. The summed E-state index contributed by atoms with van der Waals surface area (Å²) in [6.07, 6.45) is -11.7. The summed E-state index contributed by atoms with van der Waals surface area (Å²) in [5.74, 6) is -1.11. The third-order valence-corrected chi connectivity index (χ3v) is 5.46. The Labute approximate surface area is 190 Å². The van der Waals surface area contributed by atoms with Gasteiger partial charge in [-0.1, -0.05) is 0 Å². The third-order valence-electron chi connectivity index (χ3n) is 5.46. The molecule has 2 rings (SSSR count). The molecule has 0 radical (unpaired) electrons. The molecule has 2 heterocycles. The first-order valence-corrected chi connectivity index (χ1v) is 10.6. The predicted molar refractivity (Wildman–Crippen MR) is 107 cm³/mol. The first kappa shape index (κ1) is 27.8. The molecule has 2 aliphatic rings. The minimum Gasteiger partial charge on any atom is -0.394 e. The van der Waals surface area contributed by atoms with Gasteiger partial charge in [0, 0.05) is 13.8 Å². The van der Waals surface area contributed by atoms with Gasteiger partial charge in [-0.15, -0.1) is 0 Å². The highest BCUT2D eigenvalue weighted by Gasteiger charge is 2.51. The Kier molecular flexibility index (Phi) is 10.4. The SMILES string of the molecule is CC(=O)N[C@@H]1[C@H](O[C@H]2[C@H](O)[C@@H](CO)O[C@@H](OC(CO)CO)[C@@H]2NC(C)=O)O[C@@H](C)[C@@H](O)[C@H]1O. The molecule has 14 nitrogen and oxygen atoms in total. The summed E-state index contributed by atoms with van der Waals surface area (Å²) >= 11 is 0. The Bertz CT molecular complexity index is 648. The van der Waals surface area contributed by atoms with Crippen LogP contribution in [0.5, 0.6) is 0 Å². The maximum Gasteiger partial charge on any atom is 0.217 e. The molecular weight excluding hydrogens is 448 g/mol. The fraction of sp³-hybridized carbons (Fsp3) is 0.895. The van der Waals surface area contributed by atoms with Crippen molar-refractivity contribution in [2.45, 2.75) is 88.2 Å². The second kappa shape index (κ2) is 12.3. The van der Waals surface area contributed by atoms with Crippen LogP contribution >= 0.6 is 0 Å². The second-order valence-corrected chi connectivity index (χ2v) is 8.08. The van der Waals surface area contributed by atoms with Crippen LogP contribution < -0.4 is 10.6 Å². The minimum atomic E-state index is -1.53. The molecule has 2 fully saturated rings. The number of carbonyl (C=O) groups excluding carboxylic acids is 2. The maximum atomic E-state index is 11.9. The number of rotatable bonds is 9. The van der Waals surface area contributed by atoms with Crippen LogP contribution in [0.15, 0.2) is 0 Å². The Morgan fingerprint density at radius 3 is 1.97 bits per heavy atom. The van der Waals surface area contributed by atoms with Crippen LogP contribution in [0.2, 0.25) is 0 Å².